The molecule has 0 unspecified atom stereocenters. The van der Waals surface area contributed by atoms with Crippen molar-refractivity contribution in [3.05, 3.63) is 42.0 Å². The van der Waals surface area contributed by atoms with Gasteiger partial charge < -0.3 is 5.32 Å². The van der Waals surface area contributed by atoms with Gasteiger partial charge in [-0.05, 0) is 31.0 Å². The van der Waals surface area contributed by atoms with E-state index in [0.717, 1.165) is 35.9 Å². The van der Waals surface area contributed by atoms with Gasteiger partial charge in [-0.3, -0.25) is 4.57 Å². The molecule has 5 nitrogen and oxygen atoms in total. The number of hydrogen-bond acceptors (Lipinski definition) is 4. The Hall–Kier alpha value is -2.85. The minimum absolute atomic E-state index is 0.00268. The molecule has 0 atom stereocenters. The van der Waals surface area contributed by atoms with Crippen LogP contribution in [0.5, 0.6) is 0 Å². The molecule has 1 aliphatic rings. The average molecular weight is 387 g/mol. The van der Waals surface area contributed by atoms with Crippen LogP contribution >= 0.6 is 0 Å². The molecule has 1 fully saturated rings. The van der Waals surface area contributed by atoms with Gasteiger partial charge in [0.05, 0.1) is 5.56 Å². The topological polar surface area (TPSA) is 55.6 Å². The summed E-state index contributed by atoms with van der Waals surface area (Å²) in [5.74, 6) is -1.47. The Kier molecular flexibility index (Phi) is 3.79. The van der Waals surface area contributed by atoms with Crippen LogP contribution in [0, 0.1) is 0 Å². The first-order valence-electron chi connectivity index (χ1n) is 7.89. The van der Waals surface area contributed by atoms with Crippen LogP contribution in [0.25, 0.3) is 16.9 Å². The second-order valence-corrected chi connectivity index (χ2v) is 6.15. The van der Waals surface area contributed by atoms with E-state index in [9.17, 15) is 26.3 Å². The number of anilines is 1. The van der Waals surface area contributed by atoms with E-state index in [1.165, 1.54) is 12.1 Å². The summed E-state index contributed by atoms with van der Waals surface area (Å²) >= 11 is 0. The van der Waals surface area contributed by atoms with Gasteiger partial charge in [-0.2, -0.15) is 26.3 Å². The fourth-order valence-corrected chi connectivity index (χ4v) is 2.57. The molecule has 0 bridgehead atoms. The van der Waals surface area contributed by atoms with E-state index < -0.39 is 23.7 Å². The molecule has 27 heavy (non-hydrogen) atoms. The van der Waals surface area contributed by atoms with Crippen molar-refractivity contribution >= 4 is 17.0 Å². The Bertz CT molecular complexity index is 1000. The molecule has 0 saturated heterocycles. The largest absolute Gasteiger partial charge is 0.451 e. The molecule has 0 amide bonds. The number of halogens is 6. The van der Waals surface area contributed by atoms with E-state index >= 15 is 0 Å². The fraction of sp³-hybridized carbons (Fsp3) is 0.312. The predicted octanol–water partition coefficient (Wildman–Crippen LogP) is 4.43. The van der Waals surface area contributed by atoms with Crippen LogP contribution in [0.2, 0.25) is 0 Å². The number of alkyl halides is 6. The number of rotatable bonds is 3. The number of fused-ring (bicyclic) bond motifs is 1. The zero-order valence-corrected chi connectivity index (χ0v) is 13.4. The summed E-state index contributed by atoms with van der Waals surface area (Å²) in [5.41, 5.74) is -1.09. The fourth-order valence-electron chi connectivity index (χ4n) is 2.57. The van der Waals surface area contributed by atoms with E-state index in [4.69, 9.17) is 0 Å². The summed E-state index contributed by atoms with van der Waals surface area (Å²) in [6, 6.07) is 4.20. The Labute approximate surface area is 148 Å². The van der Waals surface area contributed by atoms with Crippen molar-refractivity contribution in [1.82, 2.24) is 19.5 Å². The lowest BCUT2D eigenvalue weighted by Crippen LogP contribution is -2.15. The van der Waals surface area contributed by atoms with Gasteiger partial charge in [-0.15, -0.1) is 0 Å². The summed E-state index contributed by atoms with van der Waals surface area (Å²) < 4.78 is 79.5. The summed E-state index contributed by atoms with van der Waals surface area (Å²) in [6.07, 6.45) is -6.68. The van der Waals surface area contributed by atoms with Gasteiger partial charge in [0.15, 0.2) is 17.0 Å². The minimum atomic E-state index is -4.81. The van der Waals surface area contributed by atoms with Crippen LogP contribution < -0.4 is 5.32 Å². The van der Waals surface area contributed by atoms with E-state index in [-0.39, 0.29) is 28.7 Å². The maximum Gasteiger partial charge on any atom is 0.451 e. The zero-order chi connectivity index (χ0) is 19.4. The van der Waals surface area contributed by atoms with Crippen molar-refractivity contribution in [2.75, 3.05) is 5.32 Å². The van der Waals surface area contributed by atoms with E-state index in [0.29, 0.717) is 0 Å². The van der Waals surface area contributed by atoms with Crippen LogP contribution in [-0.4, -0.2) is 25.6 Å². The number of aromatic nitrogens is 4. The Morgan fingerprint density at radius 2 is 1.74 bits per heavy atom. The number of hydrogen-bond donors (Lipinski definition) is 1. The third-order valence-corrected chi connectivity index (χ3v) is 4.02. The van der Waals surface area contributed by atoms with Crippen molar-refractivity contribution in [1.29, 1.82) is 0 Å². The molecule has 0 aliphatic heterocycles. The SMILES string of the molecule is FC(F)(F)c1cccc(-n2cnc3c(NC4CC4)nc(C(F)(F)F)nc32)c1. The van der Waals surface area contributed by atoms with Crippen molar-refractivity contribution in [2.45, 2.75) is 31.2 Å². The summed E-state index contributed by atoms with van der Waals surface area (Å²) in [6.45, 7) is 0. The van der Waals surface area contributed by atoms with E-state index in [1.807, 2.05) is 0 Å². The molecule has 1 N–H and O–H groups in total. The second-order valence-electron chi connectivity index (χ2n) is 6.15. The second kappa shape index (κ2) is 5.83. The molecule has 1 saturated carbocycles. The molecule has 3 aromatic rings. The van der Waals surface area contributed by atoms with Crippen LogP contribution in [0.1, 0.15) is 24.2 Å². The highest BCUT2D eigenvalue weighted by Gasteiger charge is 2.37. The minimum Gasteiger partial charge on any atom is -0.365 e. The van der Waals surface area contributed by atoms with Gasteiger partial charge in [0.1, 0.15) is 6.33 Å². The maximum absolute atomic E-state index is 13.2. The van der Waals surface area contributed by atoms with Gasteiger partial charge in [0.25, 0.3) is 0 Å². The smallest absolute Gasteiger partial charge is 0.365 e. The number of imidazole rings is 1. The maximum atomic E-state index is 13.2. The Morgan fingerprint density at radius 1 is 1.00 bits per heavy atom. The first-order chi connectivity index (χ1) is 12.6. The summed E-state index contributed by atoms with van der Waals surface area (Å²) in [7, 11) is 0. The molecule has 4 rings (SSSR count). The van der Waals surface area contributed by atoms with Gasteiger partial charge in [-0.1, -0.05) is 6.07 Å². The lowest BCUT2D eigenvalue weighted by Gasteiger charge is -2.12. The van der Waals surface area contributed by atoms with Crippen molar-refractivity contribution in [3.8, 4) is 5.69 Å². The van der Waals surface area contributed by atoms with E-state index in [1.54, 1.807) is 0 Å². The summed E-state index contributed by atoms with van der Waals surface area (Å²) in [5, 5.41) is 2.86. The molecule has 0 spiro atoms. The molecule has 1 aromatic carbocycles. The normalized spacial score (nSPS) is 15.3. The van der Waals surface area contributed by atoms with Crippen LogP contribution in [0.4, 0.5) is 32.2 Å². The van der Waals surface area contributed by atoms with Crippen LogP contribution in [0.15, 0.2) is 30.6 Å². The quantitative estimate of drug-likeness (QED) is 0.676. The molecule has 2 aromatic heterocycles. The van der Waals surface area contributed by atoms with Crippen LogP contribution in [0.3, 0.4) is 0 Å². The predicted molar refractivity (Wildman–Crippen MR) is 83.3 cm³/mol. The Morgan fingerprint density at radius 3 is 2.37 bits per heavy atom. The van der Waals surface area contributed by atoms with Gasteiger partial charge in [0.2, 0.25) is 5.82 Å². The van der Waals surface area contributed by atoms with Crippen molar-refractivity contribution < 1.29 is 26.3 Å². The standard InChI is InChI=1S/C16H11F6N5/c17-15(18,19)8-2-1-3-10(6-8)27-7-23-11-12(24-9-4-5-9)25-14(16(20,21)22)26-13(11)27/h1-3,6-7,9H,4-5H2,(H,24,25,26). The van der Waals surface area contributed by atoms with Crippen molar-refractivity contribution in [2.24, 2.45) is 0 Å². The molecule has 11 heteroatoms. The van der Waals surface area contributed by atoms with Gasteiger partial charge in [-0.25, -0.2) is 15.0 Å². The lowest BCUT2D eigenvalue weighted by atomic mass is 10.2. The Balaban J connectivity index is 1.89. The van der Waals surface area contributed by atoms with Crippen molar-refractivity contribution in [3.63, 3.8) is 0 Å². The van der Waals surface area contributed by atoms with Gasteiger partial charge >= 0.3 is 12.4 Å². The number of nitrogens with zero attached hydrogens (tertiary/aromatic N) is 4. The van der Waals surface area contributed by atoms with Crippen LogP contribution in [-0.2, 0) is 12.4 Å². The van der Waals surface area contributed by atoms with Gasteiger partial charge in [0, 0.05) is 11.7 Å². The molecular weight excluding hydrogens is 376 g/mol. The molecule has 1 aliphatic carbocycles. The highest BCUT2D eigenvalue weighted by molar-refractivity contribution is 5.84. The molecule has 142 valence electrons. The number of benzene rings is 1. The average Bonchev–Trinajstić information content (AvgIpc) is 3.29. The number of nitrogens with one attached hydrogen (secondary N) is 1. The first-order valence-corrected chi connectivity index (χ1v) is 7.89. The first kappa shape index (κ1) is 17.6. The lowest BCUT2D eigenvalue weighted by molar-refractivity contribution is -0.144. The molecule has 0 radical (unpaired) electrons. The zero-order valence-electron chi connectivity index (χ0n) is 13.4. The third kappa shape index (κ3) is 3.40. The monoisotopic (exact) mass is 387 g/mol. The highest BCUT2D eigenvalue weighted by atomic mass is 19.4. The highest BCUT2D eigenvalue weighted by Crippen LogP contribution is 2.34. The van der Waals surface area contributed by atoms with E-state index in [2.05, 4.69) is 20.3 Å². The molecular formula is C16H11F6N5. The molecule has 2 heterocycles. The summed E-state index contributed by atoms with van der Waals surface area (Å²) in [4.78, 5) is 11.0. The third-order valence-electron chi connectivity index (χ3n) is 4.02.